The summed E-state index contributed by atoms with van der Waals surface area (Å²) in [4.78, 5) is 77.2. The van der Waals surface area contributed by atoms with Gasteiger partial charge in [-0.15, -0.1) is 0 Å². The molecule has 10 nitrogen and oxygen atoms in total. The van der Waals surface area contributed by atoms with Crippen LogP contribution in [0.1, 0.15) is 363 Å². The summed E-state index contributed by atoms with van der Waals surface area (Å²) in [6.07, 6.45) is 50.4. The summed E-state index contributed by atoms with van der Waals surface area (Å²) in [7, 11) is 0. The number of unbranched alkanes of at least 4 members (excludes halogenated alkanes) is 39. The molecule has 0 fully saturated rings. The minimum atomic E-state index is -2.88. The number of ether oxygens (including phenoxy) is 3. The number of rotatable bonds is 56. The Bertz CT molecular complexity index is 1340. The molecule has 0 aliphatic heterocycles. The summed E-state index contributed by atoms with van der Waals surface area (Å²) in [6.45, 7) is 13.7. The highest BCUT2D eigenvalue weighted by Crippen LogP contribution is 2.23. The quantitative estimate of drug-likeness (QED) is 0.0270. The van der Waals surface area contributed by atoms with Crippen molar-refractivity contribution >= 4 is 35.8 Å². The van der Waals surface area contributed by atoms with E-state index in [0.29, 0.717) is 19.3 Å². The second kappa shape index (κ2) is 53.0. The van der Waals surface area contributed by atoms with Crippen molar-refractivity contribution in [3.8, 4) is 0 Å². The van der Waals surface area contributed by atoms with Crippen LogP contribution in [0.5, 0.6) is 0 Å². The summed E-state index contributed by atoms with van der Waals surface area (Å²) >= 11 is 0. The van der Waals surface area contributed by atoms with Crippen molar-refractivity contribution in [3.05, 3.63) is 0 Å². The van der Waals surface area contributed by atoms with Crippen molar-refractivity contribution in [3.63, 3.8) is 0 Å². The van der Waals surface area contributed by atoms with E-state index in [0.717, 1.165) is 94.8 Å². The van der Waals surface area contributed by atoms with Crippen LogP contribution in [0.4, 0.5) is 0 Å². The maximum atomic E-state index is 13.3. The largest absolute Gasteiger partial charge is 0.393 e. The molecule has 0 heterocycles. The molecule has 0 spiro atoms. The highest BCUT2D eigenvalue weighted by molar-refractivity contribution is 5.98. The van der Waals surface area contributed by atoms with Gasteiger partial charge in [0.05, 0.1) is 12.8 Å². The van der Waals surface area contributed by atoms with Gasteiger partial charge in [0.2, 0.25) is 0 Å². The lowest BCUT2D eigenvalue weighted by molar-refractivity contribution is -0.184. The third kappa shape index (κ3) is 52.1. The van der Waals surface area contributed by atoms with Crippen LogP contribution in [-0.4, -0.2) is 46.5 Å². The monoisotopic (exact) mass is 1070 g/mol. The van der Waals surface area contributed by atoms with Crippen molar-refractivity contribution in [2.75, 3.05) is 0 Å². The summed E-state index contributed by atoms with van der Waals surface area (Å²) in [6, 6.07) is 0. The first kappa shape index (κ1) is 73.4. The summed E-state index contributed by atoms with van der Waals surface area (Å²) in [5.41, 5.74) is -2.88. The van der Waals surface area contributed by atoms with E-state index in [9.17, 15) is 33.9 Å². The fourth-order valence-corrected chi connectivity index (χ4v) is 10.2. The number of aliphatic hydroxyl groups is 1. The van der Waals surface area contributed by atoms with Gasteiger partial charge in [0.15, 0.2) is 5.60 Å². The first-order valence-corrected chi connectivity index (χ1v) is 32.6. The lowest BCUT2D eigenvalue weighted by Crippen LogP contribution is -2.46. The Hall–Kier alpha value is -2.62. The van der Waals surface area contributed by atoms with Gasteiger partial charge >= 0.3 is 35.8 Å². The summed E-state index contributed by atoms with van der Waals surface area (Å²) in [5, 5.41) is 11.4. The Morgan fingerprint density at radius 3 is 0.632 bits per heavy atom. The summed E-state index contributed by atoms with van der Waals surface area (Å²) < 4.78 is 14.9. The second-order valence-electron chi connectivity index (χ2n) is 24.5. The van der Waals surface area contributed by atoms with Crippen LogP contribution in [0, 0.1) is 17.8 Å². The van der Waals surface area contributed by atoms with Crippen molar-refractivity contribution in [1.29, 1.82) is 0 Å². The van der Waals surface area contributed by atoms with Crippen LogP contribution < -0.4 is 0 Å². The molecular weight excluding hydrogens is 953 g/mol. The second-order valence-corrected chi connectivity index (χ2v) is 24.5. The number of esters is 6. The predicted octanol–water partition coefficient (Wildman–Crippen LogP) is 19.4. The van der Waals surface area contributed by atoms with Gasteiger partial charge in [0.25, 0.3) is 0 Å². The van der Waals surface area contributed by atoms with Crippen LogP contribution in [0.15, 0.2) is 0 Å². The van der Waals surface area contributed by atoms with Crippen molar-refractivity contribution < 1.29 is 48.1 Å². The van der Waals surface area contributed by atoms with Crippen LogP contribution in [0.25, 0.3) is 0 Å². The smallest absolute Gasteiger partial charge is 0.346 e. The lowest BCUT2D eigenvalue weighted by atomic mass is 9.95. The van der Waals surface area contributed by atoms with Crippen LogP contribution in [-0.2, 0) is 43.0 Å². The predicted molar refractivity (Wildman–Crippen MR) is 314 cm³/mol. The van der Waals surface area contributed by atoms with Crippen LogP contribution in [0.2, 0.25) is 0 Å². The number of hydrogen-bond donors (Lipinski definition) is 1. The molecule has 0 bridgehead atoms. The molecule has 1 N–H and O–H groups in total. The van der Waals surface area contributed by atoms with Crippen molar-refractivity contribution in [2.24, 2.45) is 17.8 Å². The molecule has 0 saturated carbocycles. The molecule has 0 unspecified atom stereocenters. The van der Waals surface area contributed by atoms with Gasteiger partial charge in [-0.25, -0.2) is 4.79 Å². The molecule has 0 aromatic heterocycles. The molecule has 0 rings (SSSR count). The van der Waals surface area contributed by atoms with E-state index < -0.39 is 54.3 Å². The topological polar surface area (TPSA) is 150 Å². The molecule has 0 aliphatic rings. The molecule has 0 radical (unpaired) electrons. The van der Waals surface area contributed by atoms with E-state index in [1.165, 1.54) is 193 Å². The third-order valence-electron chi connectivity index (χ3n) is 15.2. The standard InChI is InChI=1S/C66H122O10/c1-57(2)49-43-37-31-25-19-13-7-10-16-22-28-34-40-46-52-60(67)74-63(70)55-66(73,65(72)76-62(69)54-48-42-36-30-24-18-12-9-15-21-27-33-39-45-51-59(5)6)56-64(71)75-61(68)53-47-41-35-29-23-17-11-8-14-20-26-32-38-44-50-58(3)4/h57-59,73H,7-56H2,1-6H3. The van der Waals surface area contributed by atoms with Crippen LogP contribution >= 0.6 is 0 Å². The van der Waals surface area contributed by atoms with Gasteiger partial charge in [-0.1, -0.05) is 311 Å². The Balaban J connectivity index is 4.72. The molecule has 0 aromatic carbocycles. The fourth-order valence-electron chi connectivity index (χ4n) is 10.2. The SMILES string of the molecule is CC(C)CCCCCCCCCCCCCCCCC(=O)OC(=O)CC(O)(CC(=O)OC(=O)CCCCCCCCCCCCCCCCC(C)C)C(=O)OC(=O)CCCCCCCCCCCCCCCCC(C)C. The molecule has 10 heteroatoms. The zero-order valence-corrected chi connectivity index (χ0v) is 50.7. The van der Waals surface area contributed by atoms with E-state index >= 15 is 0 Å². The number of carbonyl (C=O) groups excluding carboxylic acids is 6. The molecule has 0 aliphatic carbocycles. The third-order valence-corrected chi connectivity index (χ3v) is 15.2. The molecule has 446 valence electrons. The highest BCUT2D eigenvalue weighted by atomic mass is 16.6. The Labute approximate surface area is 468 Å². The molecular formula is C66H122O10. The molecule has 0 amide bonds. The van der Waals surface area contributed by atoms with E-state index in [-0.39, 0.29) is 19.3 Å². The van der Waals surface area contributed by atoms with Gasteiger partial charge in [-0.3, -0.25) is 24.0 Å². The van der Waals surface area contributed by atoms with Crippen molar-refractivity contribution in [1.82, 2.24) is 0 Å². The van der Waals surface area contributed by atoms with E-state index in [1.807, 2.05) is 0 Å². The van der Waals surface area contributed by atoms with E-state index in [4.69, 9.17) is 14.2 Å². The highest BCUT2D eigenvalue weighted by Gasteiger charge is 2.45. The van der Waals surface area contributed by atoms with Crippen LogP contribution in [0.3, 0.4) is 0 Å². The maximum absolute atomic E-state index is 13.3. The van der Waals surface area contributed by atoms with Crippen molar-refractivity contribution in [2.45, 2.75) is 368 Å². The summed E-state index contributed by atoms with van der Waals surface area (Å²) in [5.74, 6) is -4.08. The van der Waals surface area contributed by atoms with E-state index in [1.54, 1.807) is 0 Å². The Morgan fingerprint density at radius 1 is 0.263 bits per heavy atom. The lowest BCUT2D eigenvalue weighted by Gasteiger charge is -2.23. The first-order chi connectivity index (χ1) is 36.6. The normalized spacial score (nSPS) is 11.8. The minimum absolute atomic E-state index is 0.0150. The Kier molecular flexibility index (Phi) is 51.2. The molecule has 0 atom stereocenters. The molecule has 0 saturated heterocycles. The van der Waals surface area contributed by atoms with Gasteiger partial charge in [0, 0.05) is 19.3 Å². The fraction of sp³-hybridized carbons (Fsp3) is 0.909. The molecule has 76 heavy (non-hydrogen) atoms. The van der Waals surface area contributed by atoms with Gasteiger partial charge in [0.1, 0.15) is 0 Å². The first-order valence-electron chi connectivity index (χ1n) is 32.6. The average molecular weight is 1080 g/mol. The van der Waals surface area contributed by atoms with Gasteiger partial charge in [-0.05, 0) is 37.0 Å². The van der Waals surface area contributed by atoms with Gasteiger partial charge in [-0.2, -0.15) is 0 Å². The zero-order valence-electron chi connectivity index (χ0n) is 50.7. The molecule has 0 aromatic rings. The maximum Gasteiger partial charge on any atom is 0.346 e. The van der Waals surface area contributed by atoms with E-state index in [2.05, 4.69) is 41.5 Å². The average Bonchev–Trinajstić information content (AvgIpc) is 3.35. The van der Waals surface area contributed by atoms with Gasteiger partial charge < -0.3 is 19.3 Å². The minimum Gasteiger partial charge on any atom is -0.393 e. The zero-order chi connectivity index (χ0) is 56.2. The number of hydrogen-bond acceptors (Lipinski definition) is 10. The Morgan fingerprint density at radius 2 is 0.434 bits per heavy atom. The number of carbonyl (C=O) groups is 6.